The molecule has 0 spiro atoms. The highest BCUT2D eigenvalue weighted by atomic mass is 35.5. The van der Waals surface area contributed by atoms with Crippen molar-refractivity contribution in [2.24, 2.45) is 0 Å². The van der Waals surface area contributed by atoms with E-state index in [1.54, 1.807) is 0 Å². The van der Waals surface area contributed by atoms with Crippen LogP contribution in [0.4, 0.5) is 8.78 Å². The lowest BCUT2D eigenvalue weighted by atomic mass is 10.3. The van der Waals surface area contributed by atoms with Gasteiger partial charge in [0, 0.05) is 11.9 Å². The summed E-state index contributed by atoms with van der Waals surface area (Å²) in [5, 5.41) is 0. The summed E-state index contributed by atoms with van der Waals surface area (Å²) >= 11 is 5.37. The Balaban J connectivity index is 2.31. The van der Waals surface area contributed by atoms with Crippen LogP contribution in [0.3, 0.4) is 0 Å². The Labute approximate surface area is 91.8 Å². The van der Waals surface area contributed by atoms with Crippen LogP contribution in [0.1, 0.15) is 0 Å². The molecule has 1 aromatic rings. The molecule has 0 saturated carbocycles. The van der Waals surface area contributed by atoms with Crippen LogP contribution in [0.5, 0.6) is 5.75 Å². The number of rotatable bonds is 6. The monoisotopic (exact) mass is 236 g/mol. The molecule has 0 aliphatic carbocycles. The highest BCUT2D eigenvalue weighted by molar-refractivity contribution is 6.17. The summed E-state index contributed by atoms with van der Waals surface area (Å²) in [6.07, 6.45) is 0. The lowest BCUT2D eigenvalue weighted by Crippen LogP contribution is -2.08. The van der Waals surface area contributed by atoms with E-state index in [0.717, 1.165) is 12.1 Å². The third-order valence-electron chi connectivity index (χ3n) is 1.60. The highest BCUT2D eigenvalue weighted by Gasteiger charge is 2.03. The van der Waals surface area contributed by atoms with Gasteiger partial charge in [-0.1, -0.05) is 0 Å². The molecule has 0 amide bonds. The molecule has 0 aliphatic heterocycles. The summed E-state index contributed by atoms with van der Waals surface area (Å²) < 4.78 is 35.5. The van der Waals surface area contributed by atoms with Crippen LogP contribution >= 0.6 is 11.6 Å². The van der Waals surface area contributed by atoms with E-state index in [2.05, 4.69) is 0 Å². The van der Waals surface area contributed by atoms with Crippen molar-refractivity contribution in [2.45, 2.75) is 0 Å². The van der Waals surface area contributed by atoms with Crippen LogP contribution in [0.15, 0.2) is 18.2 Å². The van der Waals surface area contributed by atoms with Crippen molar-refractivity contribution in [3.63, 3.8) is 0 Å². The van der Waals surface area contributed by atoms with Crippen LogP contribution in [-0.4, -0.2) is 25.7 Å². The molecule has 2 nitrogen and oxygen atoms in total. The number of halogens is 3. The van der Waals surface area contributed by atoms with Gasteiger partial charge >= 0.3 is 0 Å². The van der Waals surface area contributed by atoms with Crippen LogP contribution < -0.4 is 4.74 Å². The van der Waals surface area contributed by atoms with E-state index in [4.69, 9.17) is 21.1 Å². The first kappa shape index (κ1) is 12.2. The van der Waals surface area contributed by atoms with Crippen LogP contribution in [0.25, 0.3) is 0 Å². The summed E-state index contributed by atoms with van der Waals surface area (Å²) in [5.41, 5.74) is 0. The maximum Gasteiger partial charge on any atom is 0.167 e. The number of benzene rings is 1. The molecule has 5 heteroatoms. The van der Waals surface area contributed by atoms with E-state index >= 15 is 0 Å². The third-order valence-corrected chi connectivity index (χ3v) is 1.75. The van der Waals surface area contributed by atoms with E-state index in [1.807, 2.05) is 0 Å². The molecule has 1 rings (SSSR count). The smallest absolute Gasteiger partial charge is 0.167 e. The number of hydrogen-bond donors (Lipinski definition) is 0. The zero-order valence-electron chi connectivity index (χ0n) is 8.01. The van der Waals surface area contributed by atoms with Crippen LogP contribution in [0.2, 0.25) is 0 Å². The second-order valence-electron chi connectivity index (χ2n) is 2.72. The Kier molecular flexibility index (Phi) is 5.36. The highest BCUT2D eigenvalue weighted by Crippen LogP contribution is 2.17. The summed E-state index contributed by atoms with van der Waals surface area (Å²) in [6, 6.07) is 3.15. The first-order valence-corrected chi connectivity index (χ1v) is 4.99. The molecule has 0 bridgehead atoms. The Morgan fingerprint density at radius 2 is 1.93 bits per heavy atom. The molecular weight excluding hydrogens is 226 g/mol. The third kappa shape index (κ3) is 4.44. The maximum absolute atomic E-state index is 13.0. The first-order valence-electron chi connectivity index (χ1n) is 4.45. The number of hydrogen-bond acceptors (Lipinski definition) is 2. The molecular formula is C10H11ClF2O2. The molecule has 0 aliphatic rings. The largest absolute Gasteiger partial charge is 0.488 e. The minimum Gasteiger partial charge on any atom is -0.488 e. The van der Waals surface area contributed by atoms with Gasteiger partial charge in [0.05, 0.1) is 13.2 Å². The van der Waals surface area contributed by atoms with Crippen LogP contribution in [0, 0.1) is 11.6 Å². The number of ether oxygens (including phenoxy) is 2. The van der Waals surface area contributed by atoms with Gasteiger partial charge in [-0.15, -0.1) is 11.6 Å². The Morgan fingerprint density at radius 3 is 2.60 bits per heavy atom. The zero-order valence-corrected chi connectivity index (χ0v) is 8.77. The number of alkyl halides is 1. The molecule has 15 heavy (non-hydrogen) atoms. The second-order valence-corrected chi connectivity index (χ2v) is 3.10. The Morgan fingerprint density at radius 1 is 1.13 bits per heavy atom. The van der Waals surface area contributed by atoms with Gasteiger partial charge in [-0.3, -0.25) is 0 Å². The van der Waals surface area contributed by atoms with Gasteiger partial charge in [-0.25, -0.2) is 8.78 Å². The molecule has 0 radical (unpaired) electrons. The van der Waals surface area contributed by atoms with E-state index in [-0.39, 0.29) is 12.4 Å². The van der Waals surface area contributed by atoms with Crippen molar-refractivity contribution in [1.29, 1.82) is 0 Å². The van der Waals surface area contributed by atoms with Gasteiger partial charge in [-0.05, 0) is 12.1 Å². The van der Waals surface area contributed by atoms with Gasteiger partial charge in [0.25, 0.3) is 0 Å². The average molecular weight is 237 g/mol. The standard InChI is InChI=1S/C10H11ClF2O2/c11-3-4-14-5-6-15-10-2-1-8(12)7-9(10)13/h1-2,7H,3-6H2. The molecule has 0 N–H and O–H groups in total. The predicted molar refractivity (Wildman–Crippen MR) is 53.4 cm³/mol. The SMILES string of the molecule is Fc1ccc(OCCOCCCl)c(F)c1. The molecule has 0 saturated heterocycles. The Bertz CT molecular complexity index is 307. The molecule has 84 valence electrons. The van der Waals surface area contributed by atoms with Crippen molar-refractivity contribution in [3.8, 4) is 5.75 Å². The lowest BCUT2D eigenvalue weighted by molar-refractivity contribution is 0.110. The summed E-state index contributed by atoms with van der Waals surface area (Å²) in [6.45, 7) is 0.958. The minimum atomic E-state index is -0.715. The van der Waals surface area contributed by atoms with Gasteiger partial charge < -0.3 is 9.47 Å². The van der Waals surface area contributed by atoms with Gasteiger partial charge in [-0.2, -0.15) is 0 Å². The fourth-order valence-corrected chi connectivity index (χ4v) is 1.07. The van der Waals surface area contributed by atoms with Crippen molar-refractivity contribution >= 4 is 11.6 Å². The predicted octanol–water partition coefficient (Wildman–Crippen LogP) is 2.60. The van der Waals surface area contributed by atoms with E-state index in [0.29, 0.717) is 19.1 Å². The van der Waals surface area contributed by atoms with Gasteiger partial charge in [0.1, 0.15) is 12.4 Å². The maximum atomic E-state index is 13.0. The normalized spacial score (nSPS) is 10.3. The zero-order chi connectivity index (χ0) is 11.1. The first-order chi connectivity index (χ1) is 7.24. The lowest BCUT2D eigenvalue weighted by Gasteiger charge is -2.07. The molecule has 0 atom stereocenters. The second kappa shape index (κ2) is 6.58. The summed E-state index contributed by atoms with van der Waals surface area (Å²) in [5.74, 6) is -0.915. The van der Waals surface area contributed by atoms with E-state index in [1.165, 1.54) is 6.07 Å². The molecule has 0 heterocycles. The summed E-state index contributed by atoms with van der Waals surface area (Å²) in [4.78, 5) is 0. The average Bonchev–Trinajstić information content (AvgIpc) is 2.20. The van der Waals surface area contributed by atoms with Gasteiger partial charge in [0.15, 0.2) is 11.6 Å². The van der Waals surface area contributed by atoms with Gasteiger partial charge in [0.2, 0.25) is 0 Å². The molecule has 0 unspecified atom stereocenters. The molecule has 1 aromatic carbocycles. The summed E-state index contributed by atoms with van der Waals surface area (Å²) in [7, 11) is 0. The molecule has 0 fully saturated rings. The fourth-order valence-electron chi connectivity index (χ4n) is 0.959. The van der Waals surface area contributed by atoms with E-state index < -0.39 is 11.6 Å². The molecule has 0 aromatic heterocycles. The minimum absolute atomic E-state index is 0.0193. The quantitative estimate of drug-likeness (QED) is 0.558. The van der Waals surface area contributed by atoms with Crippen LogP contribution in [-0.2, 0) is 4.74 Å². The van der Waals surface area contributed by atoms with Crippen molar-refractivity contribution < 1.29 is 18.3 Å². The fraction of sp³-hybridized carbons (Fsp3) is 0.400. The topological polar surface area (TPSA) is 18.5 Å². The van der Waals surface area contributed by atoms with Crippen molar-refractivity contribution in [3.05, 3.63) is 29.8 Å². The Hall–Kier alpha value is -0.870. The van der Waals surface area contributed by atoms with E-state index in [9.17, 15) is 8.78 Å². The van der Waals surface area contributed by atoms with Crippen molar-refractivity contribution in [2.75, 3.05) is 25.7 Å². The van der Waals surface area contributed by atoms with Crippen molar-refractivity contribution in [1.82, 2.24) is 0 Å².